The molecule has 1 nitrogen and oxygen atoms in total. The maximum atomic E-state index is 13.6. The highest BCUT2D eigenvalue weighted by molar-refractivity contribution is 6.31. The van der Waals surface area contributed by atoms with Gasteiger partial charge in [-0.05, 0) is 31.0 Å². The topological polar surface area (TPSA) is 12.0 Å². The van der Waals surface area contributed by atoms with Gasteiger partial charge in [-0.1, -0.05) is 38.4 Å². The van der Waals surface area contributed by atoms with Crippen molar-refractivity contribution in [3.8, 4) is 0 Å². The highest BCUT2D eigenvalue weighted by Gasteiger charge is 2.16. The second-order valence-corrected chi connectivity index (χ2v) is 4.72. The molecule has 0 saturated carbocycles. The minimum absolute atomic E-state index is 0.212. The van der Waals surface area contributed by atoms with Crippen LogP contribution in [0.2, 0.25) is 5.02 Å². The summed E-state index contributed by atoms with van der Waals surface area (Å²) in [5.41, 5.74) is 0.615. The van der Waals surface area contributed by atoms with Crippen LogP contribution in [0.3, 0.4) is 0 Å². The Kier molecular flexibility index (Phi) is 5.23. The molecule has 0 aliphatic carbocycles. The van der Waals surface area contributed by atoms with Gasteiger partial charge in [-0.2, -0.15) is 0 Å². The Hall–Kier alpha value is -0.600. The molecule has 16 heavy (non-hydrogen) atoms. The third kappa shape index (κ3) is 3.46. The fourth-order valence-corrected chi connectivity index (χ4v) is 1.99. The lowest BCUT2D eigenvalue weighted by Crippen LogP contribution is -2.35. The van der Waals surface area contributed by atoms with E-state index in [0.717, 1.165) is 6.54 Å². The predicted molar refractivity (Wildman–Crippen MR) is 67.4 cm³/mol. The summed E-state index contributed by atoms with van der Waals surface area (Å²) in [6.07, 6.45) is 0.636. The molecule has 0 radical (unpaired) electrons. The van der Waals surface area contributed by atoms with E-state index >= 15 is 0 Å². The van der Waals surface area contributed by atoms with E-state index in [0.29, 0.717) is 22.9 Å². The number of likely N-dealkylation sites (N-methyl/N-ethyl adjacent to an activating group) is 1. The molecule has 1 aromatic carbocycles. The Balaban J connectivity index is 2.84. The highest BCUT2D eigenvalue weighted by atomic mass is 35.5. The van der Waals surface area contributed by atoms with Crippen LogP contribution in [0.25, 0.3) is 0 Å². The first-order valence-corrected chi connectivity index (χ1v) is 6.10. The van der Waals surface area contributed by atoms with E-state index in [2.05, 4.69) is 26.1 Å². The fourth-order valence-electron chi connectivity index (χ4n) is 1.75. The SMILES string of the molecule is CCNC(Cc1c(F)cccc1Cl)C(C)C. The first-order valence-electron chi connectivity index (χ1n) is 5.72. The van der Waals surface area contributed by atoms with Crippen LogP contribution < -0.4 is 5.32 Å². The van der Waals surface area contributed by atoms with Gasteiger partial charge in [0.25, 0.3) is 0 Å². The Morgan fingerprint density at radius 1 is 1.38 bits per heavy atom. The smallest absolute Gasteiger partial charge is 0.127 e. The molecule has 0 bridgehead atoms. The van der Waals surface area contributed by atoms with E-state index in [9.17, 15) is 4.39 Å². The molecule has 0 spiro atoms. The van der Waals surface area contributed by atoms with Crippen molar-refractivity contribution in [2.75, 3.05) is 6.54 Å². The molecule has 0 aliphatic rings. The van der Waals surface area contributed by atoms with Crippen molar-refractivity contribution >= 4 is 11.6 Å². The van der Waals surface area contributed by atoms with Gasteiger partial charge in [0.1, 0.15) is 5.82 Å². The molecule has 0 saturated heterocycles. The van der Waals surface area contributed by atoms with E-state index in [-0.39, 0.29) is 11.9 Å². The minimum Gasteiger partial charge on any atom is -0.314 e. The molecule has 1 rings (SSSR count). The molecule has 90 valence electrons. The molecule has 1 atom stereocenters. The summed E-state index contributed by atoms with van der Waals surface area (Å²) in [7, 11) is 0. The van der Waals surface area contributed by atoms with Crippen LogP contribution in [-0.4, -0.2) is 12.6 Å². The van der Waals surface area contributed by atoms with Gasteiger partial charge < -0.3 is 5.32 Å². The Labute approximate surface area is 102 Å². The molecule has 0 fully saturated rings. The fraction of sp³-hybridized carbons (Fsp3) is 0.538. The molecule has 0 aromatic heterocycles. The first-order chi connectivity index (χ1) is 7.56. The zero-order chi connectivity index (χ0) is 12.1. The van der Waals surface area contributed by atoms with E-state index in [1.165, 1.54) is 6.07 Å². The van der Waals surface area contributed by atoms with Crippen LogP contribution >= 0.6 is 11.6 Å². The molecule has 1 N–H and O–H groups in total. The second-order valence-electron chi connectivity index (χ2n) is 4.31. The highest BCUT2D eigenvalue weighted by Crippen LogP contribution is 2.22. The van der Waals surface area contributed by atoms with Crippen LogP contribution in [0.15, 0.2) is 18.2 Å². The number of hydrogen-bond acceptors (Lipinski definition) is 1. The monoisotopic (exact) mass is 243 g/mol. The van der Waals surface area contributed by atoms with Crippen molar-refractivity contribution in [1.29, 1.82) is 0 Å². The number of halogens is 2. The van der Waals surface area contributed by atoms with E-state index in [1.807, 2.05) is 0 Å². The minimum atomic E-state index is -0.212. The summed E-state index contributed by atoms with van der Waals surface area (Å²) in [5, 5.41) is 3.88. The van der Waals surface area contributed by atoms with Crippen LogP contribution in [0, 0.1) is 11.7 Å². The maximum absolute atomic E-state index is 13.6. The lowest BCUT2D eigenvalue weighted by atomic mass is 9.96. The van der Waals surface area contributed by atoms with Gasteiger partial charge in [0, 0.05) is 16.6 Å². The zero-order valence-corrected chi connectivity index (χ0v) is 10.8. The molecule has 0 aliphatic heterocycles. The van der Waals surface area contributed by atoms with E-state index in [4.69, 9.17) is 11.6 Å². The average molecular weight is 244 g/mol. The molecule has 1 unspecified atom stereocenters. The van der Waals surface area contributed by atoms with Crippen molar-refractivity contribution in [2.45, 2.75) is 33.2 Å². The molecule has 3 heteroatoms. The second kappa shape index (κ2) is 6.21. The third-order valence-corrected chi connectivity index (χ3v) is 3.11. The summed E-state index contributed by atoms with van der Waals surface area (Å²) >= 11 is 6.01. The van der Waals surface area contributed by atoms with Crippen LogP contribution in [0.4, 0.5) is 4.39 Å². The van der Waals surface area contributed by atoms with E-state index < -0.39 is 0 Å². The Morgan fingerprint density at radius 2 is 2.06 bits per heavy atom. The number of nitrogens with one attached hydrogen (secondary N) is 1. The summed E-state index contributed by atoms with van der Waals surface area (Å²) in [4.78, 5) is 0. The largest absolute Gasteiger partial charge is 0.314 e. The maximum Gasteiger partial charge on any atom is 0.127 e. The van der Waals surface area contributed by atoms with Crippen molar-refractivity contribution in [3.63, 3.8) is 0 Å². The van der Waals surface area contributed by atoms with E-state index in [1.54, 1.807) is 12.1 Å². The van der Waals surface area contributed by atoms with Crippen LogP contribution in [0.1, 0.15) is 26.3 Å². The molecular formula is C13H19ClFN. The quantitative estimate of drug-likeness (QED) is 0.832. The van der Waals surface area contributed by atoms with Gasteiger partial charge in [-0.15, -0.1) is 0 Å². The predicted octanol–water partition coefficient (Wildman–Crippen LogP) is 3.66. The molecular weight excluding hydrogens is 225 g/mol. The summed E-state index contributed by atoms with van der Waals surface area (Å²) in [6, 6.07) is 5.10. The van der Waals surface area contributed by atoms with Crippen molar-refractivity contribution in [3.05, 3.63) is 34.6 Å². The Morgan fingerprint density at radius 3 is 2.56 bits per heavy atom. The summed E-state index contributed by atoms with van der Waals surface area (Å²) in [6.45, 7) is 7.19. The summed E-state index contributed by atoms with van der Waals surface area (Å²) in [5.74, 6) is 0.242. The molecule has 1 aromatic rings. The van der Waals surface area contributed by atoms with Gasteiger partial charge >= 0.3 is 0 Å². The van der Waals surface area contributed by atoms with Crippen LogP contribution in [-0.2, 0) is 6.42 Å². The number of hydrogen-bond donors (Lipinski definition) is 1. The Bertz CT molecular complexity index is 318. The van der Waals surface area contributed by atoms with Gasteiger partial charge in [0.2, 0.25) is 0 Å². The number of rotatable bonds is 5. The third-order valence-electron chi connectivity index (χ3n) is 2.76. The standard InChI is InChI=1S/C13H19ClFN/c1-4-16-13(9(2)3)8-10-11(14)6-5-7-12(10)15/h5-7,9,13,16H,4,8H2,1-3H3. The van der Waals surface area contributed by atoms with Crippen molar-refractivity contribution in [2.24, 2.45) is 5.92 Å². The normalized spacial score (nSPS) is 13.1. The van der Waals surface area contributed by atoms with Gasteiger partial charge in [0.15, 0.2) is 0 Å². The average Bonchev–Trinajstić information content (AvgIpc) is 2.21. The lowest BCUT2D eigenvalue weighted by molar-refractivity contribution is 0.400. The van der Waals surface area contributed by atoms with Gasteiger partial charge in [0.05, 0.1) is 0 Å². The van der Waals surface area contributed by atoms with Crippen LogP contribution in [0.5, 0.6) is 0 Å². The zero-order valence-electron chi connectivity index (χ0n) is 10.1. The van der Waals surface area contributed by atoms with Crippen molar-refractivity contribution in [1.82, 2.24) is 5.32 Å². The summed E-state index contributed by atoms with van der Waals surface area (Å²) < 4.78 is 13.6. The lowest BCUT2D eigenvalue weighted by Gasteiger charge is -2.22. The number of benzene rings is 1. The molecule has 0 amide bonds. The van der Waals surface area contributed by atoms with Gasteiger partial charge in [-0.25, -0.2) is 4.39 Å². The van der Waals surface area contributed by atoms with Gasteiger partial charge in [-0.3, -0.25) is 0 Å². The first kappa shape index (κ1) is 13.5. The van der Waals surface area contributed by atoms with Crippen molar-refractivity contribution < 1.29 is 4.39 Å². The molecule has 0 heterocycles.